The molecule has 1 aliphatic heterocycles. The number of nitrogens with one attached hydrogen (secondary N) is 1. The molecule has 1 aliphatic rings. The molecular weight excluding hydrogens is 541 g/mol. The Morgan fingerprint density at radius 2 is 2.33 bits per heavy atom. The van der Waals surface area contributed by atoms with Crippen LogP contribution >= 0.6 is 35.3 Å². The largest absolute Gasteiger partial charge is 0.390 e. The summed E-state index contributed by atoms with van der Waals surface area (Å²) < 4.78 is 32.5. The third kappa shape index (κ3) is 6.64. The van der Waals surface area contributed by atoms with Crippen LogP contribution in [0.3, 0.4) is 0 Å². The van der Waals surface area contributed by atoms with Crippen molar-refractivity contribution < 1.29 is 18.3 Å². The van der Waals surface area contributed by atoms with Crippen molar-refractivity contribution in [3.05, 3.63) is 35.5 Å². The lowest BCUT2D eigenvalue weighted by molar-refractivity contribution is -0.00809. The molecule has 0 bridgehead atoms. The number of nitrogens with zero attached hydrogens (tertiary/aromatic N) is 4. The van der Waals surface area contributed by atoms with Gasteiger partial charge in [0, 0.05) is 31.9 Å². The van der Waals surface area contributed by atoms with Gasteiger partial charge in [-0.3, -0.25) is 9.67 Å². The van der Waals surface area contributed by atoms with E-state index in [2.05, 4.69) is 20.3 Å². The van der Waals surface area contributed by atoms with E-state index in [4.69, 9.17) is 4.74 Å². The SMILES string of the molecule is CCNC(=NCC(O)CS(=O)(=O)c1cccs1)N1CCOC(c2cnn(C)c2)C1.I. The molecule has 0 spiro atoms. The molecule has 0 aromatic carbocycles. The van der Waals surface area contributed by atoms with Gasteiger partial charge < -0.3 is 20.1 Å². The summed E-state index contributed by atoms with van der Waals surface area (Å²) in [5.74, 6) is 0.287. The minimum absolute atomic E-state index is 0. The van der Waals surface area contributed by atoms with Gasteiger partial charge in [-0.1, -0.05) is 6.07 Å². The van der Waals surface area contributed by atoms with Gasteiger partial charge in [0.2, 0.25) is 0 Å². The first kappa shape index (κ1) is 25.0. The molecule has 3 heterocycles. The fourth-order valence-corrected chi connectivity index (χ4v) is 5.56. The molecule has 3 rings (SSSR count). The number of halogens is 1. The van der Waals surface area contributed by atoms with E-state index in [1.165, 1.54) is 0 Å². The number of aliphatic hydroxyl groups excluding tert-OH is 1. The fourth-order valence-electron chi connectivity index (χ4n) is 3.10. The Bertz CT molecular complexity index is 917. The second-order valence-electron chi connectivity index (χ2n) is 6.81. The number of aromatic nitrogens is 2. The van der Waals surface area contributed by atoms with Crippen LogP contribution in [0.5, 0.6) is 0 Å². The predicted molar refractivity (Wildman–Crippen MR) is 127 cm³/mol. The molecule has 1 fully saturated rings. The van der Waals surface area contributed by atoms with Crippen molar-refractivity contribution in [3.8, 4) is 0 Å². The highest BCUT2D eigenvalue weighted by Crippen LogP contribution is 2.22. The number of hydrogen-bond acceptors (Lipinski definition) is 7. The molecule has 0 amide bonds. The quantitative estimate of drug-likeness (QED) is 0.294. The zero-order valence-corrected chi connectivity index (χ0v) is 20.9. The fraction of sp³-hybridized carbons (Fsp3) is 0.556. The number of morpholine rings is 1. The van der Waals surface area contributed by atoms with Crippen molar-refractivity contribution in [2.75, 3.05) is 38.5 Å². The van der Waals surface area contributed by atoms with Crippen molar-refractivity contribution in [1.82, 2.24) is 20.0 Å². The van der Waals surface area contributed by atoms with Gasteiger partial charge in [-0.2, -0.15) is 5.10 Å². The Morgan fingerprint density at radius 1 is 1.53 bits per heavy atom. The minimum atomic E-state index is -3.51. The third-order valence-electron chi connectivity index (χ3n) is 4.46. The smallest absolute Gasteiger partial charge is 0.194 e. The number of thiophene rings is 1. The standard InChI is InChI=1S/C18H27N5O4S2.HI/c1-3-19-18(20-10-15(24)13-29(25,26)17-5-4-8-28-17)23-6-7-27-16(12-23)14-9-21-22(2)11-14;/h4-5,8-9,11,15-16,24H,3,6-7,10,12-13H2,1-2H3,(H,19,20);1H. The summed E-state index contributed by atoms with van der Waals surface area (Å²) in [6, 6.07) is 3.23. The van der Waals surface area contributed by atoms with Gasteiger partial charge in [-0.15, -0.1) is 35.3 Å². The summed E-state index contributed by atoms with van der Waals surface area (Å²) in [5, 5.41) is 19.4. The first-order chi connectivity index (χ1) is 13.9. The van der Waals surface area contributed by atoms with Crippen LogP contribution in [0.1, 0.15) is 18.6 Å². The Morgan fingerprint density at radius 3 is 2.97 bits per heavy atom. The van der Waals surface area contributed by atoms with Crippen LogP contribution in [0, 0.1) is 0 Å². The molecule has 9 nitrogen and oxygen atoms in total. The summed E-state index contributed by atoms with van der Waals surface area (Å²) >= 11 is 1.15. The predicted octanol–water partition coefficient (Wildman–Crippen LogP) is 1.27. The minimum Gasteiger partial charge on any atom is -0.390 e. The molecule has 2 aromatic rings. The van der Waals surface area contributed by atoms with Crippen LogP contribution in [-0.4, -0.2) is 78.8 Å². The van der Waals surface area contributed by atoms with E-state index in [1.807, 2.05) is 20.2 Å². The first-order valence-electron chi connectivity index (χ1n) is 9.46. The average Bonchev–Trinajstić information content (AvgIpc) is 3.37. The maximum absolute atomic E-state index is 12.3. The Labute approximate surface area is 198 Å². The van der Waals surface area contributed by atoms with Crippen LogP contribution in [0.25, 0.3) is 0 Å². The summed E-state index contributed by atoms with van der Waals surface area (Å²) in [4.78, 5) is 6.54. The number of aliphatic hydroxyl groups is 1. The zero-order chi connectivity index (χ0) is 20.9. The molecule has 0 saturated carbocycles. The molecule has 1 saturated heterocycles. The number of sulfone groups is 1. The van der Waals surface area contributed by atoms with Gasteiger partial charge in [-0.05, 0) is 18.4 Å². The highest BCUT2D eigenvalue weighted by molar-refractivity contribution is 14.0. The number of aryl methyl sites for hydroxylation is 1. The molecule has 2 aromatic heterocycles. The van der Waals surface area contributed by atoms with Crippen molar-refractivity contribution in [2.24, 2.45) is 12.0 Å². The van der Waals surface area contributed by atoms with Gasteiger partial charge in [0.15, 0.2) is 15.8 Å². The molecule has 12 heteroatoms. The molecule has 0 aliphatic carbocycles. The topological polar surface area (TPSA) is 109 Å². The maximum Gasteiger partial charge on any atom is 0.194 e. The monoisotopic (exact) mass is 569 g/mol. The lowest BCUT2D eigenvalue weighted by Crippen LogP contribution is -2.48. The Kier molecular flexibility index (Phi) is 9.53. The molecule has 2 atom stereocenters. The lowest BCUT2D eigenvalue weighted by Gasteiger charge is -2.35. The Hall–Kier alpha value is -1.22. The van der Waals surface area contributed by atoms with Gasteiger partial charge >= 0.3 is 0 Å². The van der Waals surface area contributed by atoms with E-state index in [1.54, 1.807) is 28.4 Å². The van der Waals surface area contributed by atoms with Crippen molar-refractivity contribution in [1.29, 1.82) is 0 Å². The first-order valence-corrected chi connectivity index (χ1v) is 12.0. The molecule has 2 N–H and O–H groups in total. The average molecular weight is 569 g/mol. The summed E-state index contributed by atoms with van der Waals surface area (Å²) in [6.45, 7) is 4.43. The van der Waals surface area contributed by atoms with Gasteiger partial charge in [0.25, 0.3) is 0 Å². The number of hydrogen-bond donors (Lipinski definition) is 2. The van der Waals surface area contributed by atoms with E-state index < -0.39 is 15.9 Å². The van der Waals surface area contributed by atoms with Crippen LogP contribution < -0.4 is 5.32 Å². The van der Waals surface area contributed by atoms with E-state index >= 15 is 0 Å². The van der Waals surface area contributed by atoms with E-state index in [0.717, 1.165) is 16.9 Å². The molecular formula is C18H28IN5O4S2. The van der Waals surface area contributed by atoms with Crippen LogP contribution in [0.4, 0.5) is 0 Å². The second kappa shape index (κ2) is 11.4. The number of ether oxygens (including phenoxy) is 1. The van der Waals surface area contributed by atoms with Gasteiger partial charge in [-0.25, -0.2) is 8.42 Å². The van der Waals surface area contributed by atoms with Crippen molar-refractivity contribution in [3.63, 3.8) is 0 Å². The molecule has 30 heavy (non-hydrogen) atoms. The third-order valence-corrected chi connectivity index (χ3v) is 7.75. The number of rotatable bonds is 7. The van der Waals surface area contributed by atoms with E-state index in [9.17, 15) is 13.5 Å². The maximum atomic E-state index is 12.3. The van der Waals surface area contributed by atoms with E-state index in [-0.39, 0.29) is 46.6 Å². The van der Waals surface area contributed by atoms with Crippen LogP contribution in [0.2, 0.25) is 0 Å². The summed E-state index contributed by atoms with van der Waals surface area (Å²) in [7, 11) is -1.65. The normalized spacial score (nSPS) is 18.7. The van der Waals surface area contributed by atoms with Gasteiger partial charge in [0.1, 0.15) is 10.3 Å². The lowest BCUT2D eigenvalue weighted by atomic mass is 10.1. The second-order valence-corrected chi connectivity index (χ2v) is 10.0. The highest BCUT2D eigenvalue weighted by atomic mass is 127. The number of guanidine groups is 1. The summed E-state index contributed by atoms with van der Waals surface area (Å²) in [6.07, 6.45) is 2.52. The number of aliphatic imine (C=N–C) groups is 1. The molecule has 0 radical (unpaired) electrons. The molecule has 2 unspecified atom stereocenters. The van der Waals surface area contributed by atoms with Crippen LogP contribution in [-0.2, 0) is 21.6 Å². The highest BCUT2D eigenvalue weighted by Gasteiger charge is 2.26. The van der Waals surface area contributed by atoms with Crippen molar-refractivity contribution >= 4 is 51.1 Å². The van der Waals surface area contributed by atoms with Crippen molar-refractivity contribution in [2.45, 2.75) is 23.3 Å². The molecule has 168 valence electrons. The zero-order valence-electron chi connectivity index (χ0n) is 17.0. The van der Waals surface area contributed by atoms with Crippen LogP contribution in [0.15, 0.2) is 39.1 Å². The Balaban J connectivity index is 0.00000320. The van der Waals surface area contributed by atoms with Gasteiger partial charge in [0.05, 0.1) is 37.8 Å². The summed E-state index contributed by atoms with van der Waals surface area (Å²) in [5.41, 5.74) is 0.995. The van der Waals surface area contributed by atoms with E-state index in [0.29, 0.717) is 32.2 Å².